The average Bonchev–Trinajstić information content (AvgIpc) is 3.42. The second-order valence-corrected chi connectivity index (χ2v) is 9.79. The molecule has 1 aliphatic heterocycles. The SMILES string of the molecule is CO[C@H]1O[C@H](COCc2ccccc2)[C@@H](OCc2ccccc2)[C@]1(O)CC(=O)n1cc(Cl)c2ccccc21. The number of halogens is 1. The molecule has 0 unspecified atom stereocenters. The van der Waals surface area contributed by atoms with Gasteiger partial charge in [-0.25, -0.2) is 0 Å². The number of nitrogens with zero attached hydrogens (tertiary/aromatic N) is 1. The first-order valence-corrected chi connectivity index (χ1v) is 12.8. The van der Waals surface area contributed by atoms with Crippen LogP contribution in [0.3, 0.4) is 0 Å². The number of benzene rings is 3. The zero-order valence-corrected chi connectivity index (χ0v) is 21.8. The highest BCUT2D eigenvalue weighted by molar-refractivity contribution is 6.36. The van der Waals surface area contributed by atoms with Gasteiger partial charge in [0, 0.05) is 18.7 Å². The molecule has 0 amide bonds. The van der Waals surface area contributed by atoms with E-state index in [1.807, 2.05) is 84.9 Å². The Balaban J connectivity index is 1.39. The molecule has 3 aromatic carbocycles. The van der Waals surface area contributed by atoms with Crippen molar-refractivity contribution in [1.82, 2.24) is 4.57 Å². The average molecular weight is 536 g/mol. The standard InChI is InChI=1S/C30H30ClNO6/c1-35-29-30(34,16-27(33)32-17-24(31)23-14-8-9-15-25(23)32)28(37-19-22-12-6-3-7-13-22)26(38-29)20-36-18-21-10-4-2-5-11-21/h2-15,17,26,28-29,34H,16,18-20H2,1H3/t26-,28-,29+,30-/m1/s1. The molecule has 7 nitrogen and oxygen atoms in total. The topological polar surface area (TPSA) is 79.2 Å². The van der Waals surface area contributed by atoms with E-state index in [0.717, 1.165) is 16.5 Å². The van der Waals surface area contributed by atoms with Crippen molar-refractivity contribution in [2.45, 2.75) is 43.7 Å². The third-order valence-corrected chi connectivity index (χ3v) is 7.08. The van der Waals surface area contributed by atoms with Crippen LogP contribution in [-0.2, 0) is 32.2 Å². The van der Waals surface area contributed by atoms with Gasteiger partial charge in [-0.3, -0.25) is 9.36 Å². The predicted octanol–water partition coefficient (Wildman–Crippen LogP) is 5.23. The number of aromatic nitrogens is 1. The lowest BCUT2D eigenvalue weighted by Gasteiger charge is -2.32. The largest absolute Gasteiger partial charge is 0.381 e. The number of fused-ring (bicyclic) bond motifs is 1. The van der Waals surface area contributed by atoms with E-state index < -0.39 is 24.1 Å². The maximum absolute atomic E-state index is 13.6. The Morgan fingerprint density at radius 1 is 0.974 bits per heavy atom. The second-order valence-electron chi connectivity index (χ2n) is 9.39. The summed E-state index contributed by atoms with van der Waals surface area (Å²) in [7, 11) is 1.43. The summed E-state index contributed by atoms with van der Waals surface area (Å²) in [5, 5.41) is 13.2. The van der Waals surface area contributed by atoms with Crippen LogP contribution in [0.1, 0.15) is 22.3 Å². The number of methoxy groups -OCH3 is 1. The maximum atomic E-state index is 13.6. The molecule has 38 heavy (non-hydrogen) atoms. The monoisotopic (exact) mass is 535 g/mol. The van der Waals surface area contributed by atoms with Crippen LogP contribution in [0.15, 0.2) is 91.1 Å². The van der Waals surface area contributed by atoms with Crippen LogP contribution in [0.4, 0.5) is 0 Å². The third-order valence-electron chi connectivity index (χ3n) is 6.78. The summed E-state index contributed by atoms with van der Waals surface area (Å²) in [5.74, 6) is -0.361. The number of aliphatic hydroxyl groups is 1. The fourth-order valence-electron chi connectivity index (χ4n) is 4.93. The summed E-state index contributed by atoms with van der Waals surface area (Å²) in [4.78, 5) is 13.6. The molecule has 2 heterocycles. The number of carbonyl (C=O) groups excluding carboxylic acids is 1. The highest BCUT2D eigenvalue weighted by atomic mass is 35.5. The molecule has 1 aliphatic rings. The van der Waals surface area contributed by atoms with E-state index >= 15 is 0 Å². The molecule has 0 spiro atoms. The number of hydrogen-bond donors (Lipinski definition) is 1. The molecule has 0 bridgehead atoms. The summed E-state index contributed by atoms with van der Waals surface area (Å²) in [6.07, 6.45) is -1.42. The van der Waals surface area contributed by atoms with Gasteiger partial charge in [-0.05, 0) is 17.2 Å². The minimum absolute atomic E-state index is 0.142. The zero-order chi connectivity index (χ0) is 26.5. The van der Waals surface area contributed by atoms with Crippen LogP contribution in [0.25, 0.3) is 10.9 Å². The highest BCUT2D eigenvalue weighted by Crippen LogP contribution is 2.38. The Kier molecular flexibility index (Phi) is 8.24. The van der Waals surface area contributed by atoms with E-state index in [0.29, 0.717) is 17.1 Å². The van der Waals surface area contributed by atoms with Crippen molar-refractivity contribution >= 4 is 28.4 Å². The van der Waals surface area contributed by atoms with Crippen molar-refractivity contribution in [1.29, 1.82) is 0 Å². The van der Waals surface area contributed by atoms with E-state index in [1.165, 1.54) is 11.7 Å². The number of hydrogen-bond acceptors (Lipinski definition) is 6. The van der Waals surface area contributed by atoms with Crippen LogP contribution in [-0.4, -0.2) is 53.4 Å². The molecule has 4 atom stereocenters. The Labute approximate surface area is 226 Å². The van der Waals surface area contributed by atoms with E-state index in [1.54, 1.807) is 6.20 Å². The van der Waals surface area contributed by atoms with E-state index in [4.69, 9.17) is 30.5 Å². The minimum Gasteiger partial charge on any atom is -0.381 e. The van der Waals surface area contributed by atoms with E-state index in [2.05, 4.69) is 0 Å². The van der Waals surface area contributed by atoms with E-state index in [9.17, 15) is 9.90 Å². The van der Waals surface area contributed by atoms with Gasteiger partial charge in [-0.1, -0.05) is 90.5 Å². The van der Waals surface area contributed by atoms with Crippen molar-refractivity contribution < 1.29 is 28.8 Å². The van der Waals surface area contributed by atoms with Gasteiger partial charge in [0.05, 0.1) is 36.8 Å². The molecule has 0 saturated carbocycles. The summed E-state index contributed by atoms with van der Waals surface area (Å²) >= 11 is 6.38. The number of rotatable bonds is 10. The minimum atomic E-state index is -1.78. The van der Waals surface area contributed by atoms with Gasteiger partial charge in [0.15, 0.2) is 11.9 Å². The van der Waals surface area contributed by atoms with Gasteiger partial charge in [0.1, 0.15) is 12.2 Å². The normalized spacial score (nSPS) is 23.2. The lowest BCUT2D eigenvalue weighted by atomic mass is 9.90. The first-order chi connectivity index (χ1) is 18.5. The molecule has 1 fully saturated rings. The fraction of sp³-hybridized carbons (Fsp3) is 0.300. The number of carbonyl (C=O) groups is 1. The Morgan fingerprint density at radius 3 is 2.29 bits per heavy atom. The summed E-state index contributed by atoms with van der Waals surface area (Å²) in [6, 6.07) is 26.7. The van der Waals surface area contributed by atoms with Gasteiger partial charge >= 0.3 is 0 Å². The van der Waals surface area contributed by atoms with Crippen LogP contribution in [0, 0.1) is 0 Å². The maximum Gasteiger partial charge on any atom is 0.234 e. The molecule has 1 aromatic heterocycles. The number of para-hydroxylation sites is 1. The van der Waals surface area contributed by atoms with Gasteiger partial charge in [0.2, 0.25) is 5.91 Å². The first kappa shape index (κ1) is 26.6. The fourth-order valence-corrected chi connectivity index (χ4v) is 5.18. The van der Waals surface area contributed by atoms with Gasteiger partial charge in [-0.2, -0.15) is 0 Å². The van der Waals surface area contributed by atoms with Crippen LogP contribution < -0.4 is 0 Å². The summed E-state index contributed by atoms with van der Waals surface area (Å²) in [5.41, 5.74) is 0.814. The Hall–Kier alpha value is -3.04. The van der Waals surface area contributed by atoms with Gasteiger partial charge in [-0.15, -0.1) is 0 Å². The summed E-state index contributed by atoms with van der Waals surface area (Å²) in [6.45, 7) is 0.729. The molecular weight excluding hydrogens is 506 g/mol. The summed E-state index contributed by atoms with van der Waals surface area (Å²) < 4.78 is 25.3. The number of ether oxygens (including phenoxy) is 4. The Bertz CT molecular complexity index is 1360. The lowest BCUT2D eigenvalue weighted by molar-refractivity contribution is -0.196. The molecule has 198 valence electrons. The van der Waals surface area contributed by atoms with Gasteiger partial charge in [0.25, 0.3) is 0 Å². The zero-order valence-electron chi connectivity index (χ0n) is 21.0. The predicted molar refractivity (Wildman–Crippen MR) is 144 cm³/mol. The quantitative estimate of drug-likeness (QED) is 0.299. The molecule has 1 saturated heterocycles. The molecule has 8 heteroatoms. The highest BCUT2D eigenvalue weighted by Gasteiger charge is 2.58. The molecule has 0 radical (unpaired) electrons. The van der Waals surface area contributed by atoms with Gasteiger partial charge < -0.3 is 24.1 Å². The second kappa shape index (κ2) is 11.8. The van der Waals surface area contributed by atoms with Crippen molar-refractivity contribution in [3.63, 3.8) is 0 Å². The molecule has 1 N–H and O–H groups in total. The molecule has 5 rings (SSSR count). The first-order valence-electron chi connectivity index (χ1n) is 12.5. The molecular formula is C30H30ClNO6. The molecule has 4 aromatic rings. The van der Waals surface area contributed by atoms with Crippen molar-refractivity contribution in [2.75, 3.05) is 13.7 Å². The van der Waals surface area contributed by atoms with Crippen molar-refractivity contribution in [2.24, 2.45) is 0 Å². The van der Waals surface area contributed by atoms with Crippen LogP contribution in [0.5, 0.6) is 0 Å². The lowest BCUT2D eigenvalue weighted by Crippen LogP contribution is -2.52. The molecule has 0 aliphatic carbocycles. The van der Waals surface area contributed by atoms with E-state index in [-0.39, 0.29) is 25.5 Å². The third kappa shape index (κ3) is 5.54. The smallest absolute Gasteiger partial charge is 0.234 e. The van der Waals surface area contributed by atoms with Crippen LogP contribution >= 0.6 is 11.6 Å². The van der Waals surface area contributed by atoms with Crippen molar-refractivity contribution in [3.8, 4) is 0 Å². The van der Waals surface area contributed by atoms with Crippen LogP contribution in [0.2, 0.25) is 5.02 Å². The van der Waals surface area contributed by atoms with Crippen molar-refractivity contribution in [3.05, 3.63) is 107 Å². The Morgan fingerprint density at radius 2 is 1.61 bits per heavy atom.